The van der Waals surface area contributed by atoms with Gasteiger partial charge in [-0.2, -0.15) is 5.10 Å². The smallest absolute Gasteiger partial charge is 0.329 e. The van der Waals surface area contributed by atoms with E-state index in [-0.39, 0.29) is 6.61 Å². The van der Waals surface area contributed by atoms with Crippen LogP contribution in [0.25, 0.3) is 22.4 Å². The molecule has 34 heavy (non-hydrogen) atoms. The highest BCUT2D eigenvalue weighted by Crippen LogP contribution is 2.37. The Bertz CT molecular complexity index is 1090. The average Bonchev–Trinajstić information content (AvgIpc) is 3.23. The molecule has 1 aliphatic carbocycles. The lowest BCUT2D eigenvalue weighted by molar-refractivity contribution is -0.142. The molecule has 1 aliphatic rings. The summed E-state index contributed by atoms with van der Waals surface area (Å²) in [4.78, 5) is 15.0. The van der Waals surface area contributed by atoms with Crippen LogP contribution < -0.4 is 4.74 Å². The molecule has 1 fully saturated rings. The van der Waals surface area contributed by atoms with Crippen molar-refractivity contribution < 1.29 is 19.4 Å². The number of carboxylic acid groups (broad SMARTS) is 1. The lowest BCUT2D eigenvalue weighted by Gasteiger charge is -2.28. The quantitative estimate of drug-likeness (QED) is 0.451. The van der Waals surface area contributed by atoms with Crippen LogP contribution in [0.2, 0.25) is 0 Å². The molecule has 0 amide bonds. The fourth-order valence-corrected chi connectivity index (χ4v) is 4.92. The maximum atomic E-state index is 10.7. The van der Waals surface area contributed by atoms with Crippen LogP contribution in [0, 0.1) is 11.8 Å². The minimum Gasteiger partial charge on any atom is -0.481 e. The summed E-state index contributed by atoms with van der Waals surface area (Å²) in [7, 11) is 1.64. The van der Waals surface area contributed by atoms with Crippen molar-refractivity contribution in [3.05, 3.63) is 54.4 Å². The number of carboxylic acids is 1. The number of nitrogens with zero attached hydrogens (tertiary/aromatic N) is 3. The summed E-state index contributed by atoms with van der Waals surface area (Å²) in [5, 5.41) is 13.9. The first-order valence-corrected chi connectivity index (χ1v) is 12.0. The lowest BCUT2D eigenvalue weighted by Crippen LogP contribution is -2.23. The zero-order valence-electron chi connectivity index (χ0n) is 19.9. The van der Waals surface area contributed by atoms with Crippen molar-refractivity contribution in [1.82, 2.24) is 14.8 Å². The van der Waals surface area contributed by atoms with Crippen molar-refractivity contribution in [1.29, 1.82) is 0 Å². The molecule has 3 aromatic rings. The van der Waals surface area contributed by atoms with Crippen molar-refractivity contribution in [3.8, 4) is 28.3 Å². The van der Waals surface area contributed by atoms with E-state index in [0.29, 0.717) is 24.3 Å². The van der Waals surface area contributed by atoms with Crippen LogP contribution in [-0.2, 0) is 22.5 Å². The zero-order valence-corrected chi connectivity index (χ0v) is 19.9. The fraction of sp³-hybridized carbons (Fsp3) is 0.444. The van der Waals surface area contributed by atoms with E-state index in [4.69, 9.17) is 19.7 Å². The minimum atomic E-state index is -0.906. The summed E-state index contributed by atoms with van der Waals surface area (Å²) < 4.78 is 12.9. The first kappa shape index (κ1) is 24.0. The molecule has 1 N–H and O–H groups in total. The number of hydrogen-bond acceptors (Lipinski definition) is 5. The third-order valence-electron chi connectivity index (χ3n) is 6.65. The first-order valence-electron chi connectivity index (χ1n) is 12.0. The second-order valence-electron chi connectivity index (χ2n) is 8.95. The van der Waals surface area contributed by atoms with Crippen molar-refractivity contribution >= 4 is 5.97 Å². The molecule has 7 heteroatoms. The second kappa shape index (κ2) is 11.3. The summed E-state index contributed by atoms with van der Waals surface area (Å²) >= 11 is 0. The van der Waals surface area contributed by atoms with Gasteiger partial charge in [0.1, 0.15) is 12.3 Å². The van der Waals surface area contributed by atoms with Gasteiger partial charge in [0.15, 0.2) is 0 Å². The van der Waals surface area contributed by atoms with Gasteiger partial charge < -0.3 is 14.6 Å². The van der Waals surface area contributed by atoms with E-state index < -0.39 is 5.97 Å². The molecule has 0 bridgehead atoms. The number of methoxy groups -OCH3 is 1. The number of aliphatic carboxylic acids is 1. The Morgan fingerprint density at radius 3 is 2.50 bits per heavy atom. The molecule has 0 saturated heterocycles. The van der Waals surface area contributed by atoms with Gasteiger partial charge in [0, 0.05) is 35.6 Å². The predicted octanol–water partition coefficient (Wildman–Crippen LogP) is 5.09. The Balaban J connectivity index is 1.58. The van der Waals surface area contributed by atoms with Gasteiger partial charge in [0.25, 0.3) is 0 Å². The molecule has 4 rings (SSSR count). The van der Waals surface area contributed by atoms with Crippen LogP contribution in [0.15, 0.2) is 48.7 Å². The van der Waals surface area contributed by atoms with Gasteiger partial charge >= 0.3 is 5.97 Å². The van der Waals surface area contributed by atoms with Crippen LogP contribution in [0.5, 0.6) is 5.88 Å². The molecular formula is C27H33N3O4. The molecule has 0 aliphatic heterocycles. The van der Waals surface area contributed by atoms with E-state index in [1.165, 1.54) is 5.69 Å². The molecule has 2 aromatic heterocycles. The molecule has 1 aromatic carbocycles. The molecule has 180 valence electrons. The first-order chi connectivity index (χ1) is 16.6. The highest BCUT2D eigenvalue weighted by molar-refractivity contribution is 5.83. The number of carbonyl (C=O) groups is 1. The average molecular weight is 464 g/mol. The van der Waals surface area contributed by atoms with Gasteiger partial charge in [-0.1, -0.05) is 37.3 Å². The predicted molar refractivity (Wildman–Crippen MR) is 131 cm³/mol. The van der Waals surface area contributed by atoms with Crippen molar-refractivity contribution in [3.63, 3.8) is 0 Å². The Morgan fingerprint density at radius 1 is 1.09 bits per heavy atom. The summed E-state index contributed by atoms with van der Waals surface area (Å²) in [6, 6.07) is 14.3. The van der Waals surface area contributed by atoms with Crippen molar-refractivity contribution in [2.24, 2.45) is 11.8 Å². The maximum absolute atomic E-state index is 10.7. The second-order valence-corrected chi connectivity index (χ2v) is 8.95. The fourth-order valence-electron chi connectivity index (χ4n) is 4.92. The number of rotatable bonds is 10. The van der Waals surface area contributed by atoms with Crippen LogP contribution in [0.3, 0.4) is 0 Å². The van der Waals surface area contributed by atoms with Crippen molar-refractivity contribution in [2.75, 3.05) is 20.3 Å². The molecule has 0 atom stereocenters. The Morgan fingerprint density at radius 2 is 1.82 bits per heavy atom. The topological polar surface area (TPSA) is 86.5 Å². The Labute approximate surface area is 200 Å². The van der Waals surface area contributed by atoms with E-state index in [1.807, 2.05) is 30.3 Å². The van der Waals surface area contributed by atoms with Gasteiger partial charge in [-0.25, -0.2) is 9.78 Å². The summed E-state index contributed by atoms with van der Waals surface area (Å²) in [6.45, 7) is 3.39. The third-order valence-corrected chi connectivity index (χ3v) is 6.65. The molecular weight excluding hydrogens is 430 g/mol. The Hall–Kier alpha value is -3.19. The molecule has 1 saturated carbocycles. The number of pyridine rings is 1. The van der Waals surface area contributed by atoms with Crippen molar-refractivity contribution in [2.45, 2.75) is 45.6 Å². The molecule has 7 nitrogen and oxygen atoms in total. The van der Waals surface area contributed by atoms with E-state index in [0.717, 1.165) is 61.0 Å². The number of aromatic nitrogens is 3. The monoisotopic (exact) mass is 463 g/mol. The normalized spacial score (nSPS) is 18.1. The van der Waals surface area contributed by atoms with Gasteiger partial charge in [0.05, 0.1) is 13.7 Å². The van der Waals surface area contributed by atoms with E-state index in [2.05, 4.69) is 28.7 Å². The molecule has 0 radical (unpaired) electrons. The third kappa shape index (κ3) is 5.65. The molecule has 2 heterocycles. The SMILES string of the molecule is CCc1c(-c2ccnc(OC)c2)c(-c2ccccc2)nn1C[C@H]1CC[C@H](COCC(=O)O)CC1. The minimum absolute atomic E-state index is 0.210. The van der Waals surface area contributed by atoms with E-state index >= 15 is 0 Å². The summed E-state index contributed by atoms with van der Waals surface area (Å²) in [5.41, 5.74) is 5.51. The van der Waals surface area contributed by atoms with Gasteiger partial charge in [-0.05, 0) is 55.6 Å². The maximum Gasteiger partial charge on any atom is 0.329 e. The highest BCUT2D eigenvalue weighted by atomic mass is 16.5. The number of hydrogen-bond donors (Lipinski definition) is 1. The lowest BCUT2D eigenvalue weighted by atomic mass is 9.82. The van der Waals surface area contributed by atoms with E-state index in [9.17, 15) is 4.79 Å². The zero-order chi connectivity index (χ0) is 23.9. The highest BCUT2D eigenvalue weighted by Gasteiger charge is 2.25. The van der Waals surface area contributed by atoms with Crippen LogP contribution in [0.1, 0.15) is 38.3 Å². The van der Waals surface area contributed by atoms with Gasteiger partial charge in [-0.15, -0.1) is 0 Å². The van der Waals surface area contributed by atoms with Gasteiger partial charge in [0.2, 0.25) is 5.88 Å². The summed E-state index contributed by atoms with van der Waals surface area (Å²) in [6.07, 6.45) is 6.98. The van der Waals surface area contributed by atoms with Crippen LogP contribution in [0.4, 0.5) is 0 Å². The van der Waals surface area contributed by atoms with E-state index in [1.54, 1.807) is 13.3 Å². The molecule has 0 spiro atoms. The standard InChI is InChI=1S/C27H33N3O4/c1-3-23-26(22-13-14-28-24(15-22)33-2)27(21-7-5-4-6-8-21)29-30(23)16-19-9-11-20(12-10-19)17-34-18-25(31)32/h4-8,13-15,19-20H,3,9-12,16-18H2,1-2H3,(H,31,32)/t19-,20-. The number of benzene rings is 1. The summed E-state index contributed by atoms with van der Waals surface area (Å²) in [5.74, 6) is 0.675. The largest absolute Gasteiger partial charge is 0.481 e. The molecule has 0 unspecified atom stereocenters. The Kier molecular flexibility index (Phi) is 7.95. The van der Waals surface area contributed by atoms with Crippen LogP contribution in [-0.4, -0.2) is 46.2 Å². The van der Waals surface area contributed by atoms with Crippen LogP contribution >= 0.6 is 0 Å². The number of ether oxygens (including phenoxy) is 2. The van der Waals surface area contributed by atoms with Gasteiger partial charge in [-0.3, -0.25) is 4.68 Å².